The van der Waals surface area contributed by atoms with E-state index in [2.05, 4.69) is 19.9 Å². The number of nitrogens with one attached hydrogen (secondary N) is 1. The Labute approximate surface area is 292 Å². The van der Waals surface area contributed by atoms with Gasteiger partial charge in [0.25, 0.3) is 6.41 Å². The number of ether oxygens (including phenoxy) is 2. The number of benzene rings is 3. The van der Waals surface area contributed by atoms with Crippen molar-refractivity contribution in [3.8, 4) is 11.5 Å². The first-order valence-electron chi connectivity index (χ1n) is 16.0. The van der Waals surface area contributed by atoms with Crippen molar-refractivity contribution in [2.75, 3.05) is 26.2 Å². The molecule has 2 N–H and O–H groups in total. The number of H-pyrrole nitrogens is 1. The minimum Gasteiger partial charge on any atom is -0.662 e. The van der Waals surface area contributed by atoms with E-state index in [1.807, 2.05) is 59.9 Å². The zero-order chi connectivity index (χ0) is 31.7. The molecule has 8 nitrogen and oxygen atoms in total. The van der Waals surface area contributed by atoms with E-state index in [9.17, 15) is 9.50 Å². The number of unbranched alkanes of at least 4 members (excludes halogenated alkanes) is 3. The van der Waals surface area contributed by atoms with E-state index in [0.29, 0.717) is 30.3 Å². The Bertz CT molecular complexity index is 1670. The molecule has 0 fully saturated rings. The number of aryl methyl sites for hydroxylation is 1. The van der Waals surface area contributed by atoms with Crippen LogP contribution in [0.25, 0.3) is 16.2 Å². The van der Waals surface area contributed by atoms with Crippen LogP contribution in [0.15, 0.2) is 85.5 Å². The van der Waals surface area contributed by atoms with Gasteiger partial charge >= 0.3 is 18.9 Å². The summed E-state index contributed by atoms with van der Waals surface area (Å²) in [5.41, 5.74) is 4.15. The normalized spacial score (nSPS) is 15.3. The fourth-order valence-electron chi connectivity index (χ4n) is 6.09. The van der Waals surface area contributed by atoms with E-state index in [1.165, 1.54) is 29.8 Å². The second-order valence-corrected chi connectivity index (χ2v) is 12.1. The van der Waals surface area contributed by atoms with Gasteiger partial charge in [0.2, 0.25) is 0 Å². The summed E-state index contributed by atoms with van der Waals surface area (Å²) >= 11 is 6.35. The van der Waals surface area contributed by atoms with Crippen LogP contribution in [0.4, 0.5) is 4.39 Å². The predicted molar refractivity (Wildman–Crippen MR) is 179 cm³/mol. The number of aromatic amines is 1. The van der Waals surface area contributed by atoms with Gasteiger partial charge in [0.05, 0.1) is 19.0 Å². The summed E-state index contributed by atoms with van der Waals surface area (Å²) in [6.45, 7) is 3.99. The number of hydrogen-bond donors (Lipinski definition) is 2. The molecular formula is C36H40ClFLiN5O3. The van der Waals surface area contributed by atoms with E-state index in [-0.39, 0.29) is 30.7 Å². The monoisotopic (exact) mass is 651 g/mol. The third kappa shape index (κ3) is 9.20. The van der Waals surface area contributed by atoms with Gasteiger partial charge in [0, 0.05) is 47.1 Å². The maximum atomic E-state index is 13.5. The number of aliphatic hydroxyl groups is 1. The van der Waals surface area contributed by atoms with E-state index in [4.69, 9.17) is 21.1 Å². The van der Waals surface area contributed by atoms with Crippen LogP contribution in [0.1, 0.15) is 55.0 Å². The Hall–Kier alpha value is -3.29. The Kier molecular flexibility index (Phi) is 12.8. The molecule has 2 aromatic heterocycles. The SMILES string of the molecule is OC(Oc1ccc(F)cc1)N1CCc2c([nH]c3ccc(Cl)cc23)C1c1ccc(OCCCCCC[N-]CCCn2ccnc2)cc1.[Li+]. The third-order valence-electron chi connectivity index (χ3n) is 8.43. The van der Waals surface area contributed by atoms with Gasteiger partial charge in [-0.3, -0.25) is 0 Å². The number of fused-ring (bicyclic) bond motifs is 3. The van der Waals surface area contributed by atoms with Crippen molar-refractivity contribution >= 4 is 22.5 Å². The zero-order valence-corrected chi connectivity index (χ0v) is 27.6. The smallest absolute Gasteiger partial charge is 0.662 e. The Morgan fingerprint density at radius 1 is 0.979 bits per heavy atom. The molecule has 1 aliphatic rings. The number of aliphatic hydroxyl groups excluding tert-OH is 1. The minimum atomic E-state index is -1.25. The van der Waals surface area contributed by atoms with E-state index in [1.54, 1.807) is 6.20 Å². The summed E-state index contributed by atoms with van der Waals surface area (Å²) in [7, 11) is 0. The van der Waals surface area contributed by atoms with Gasteiger partial charge < -0.3 is 29.4 Å². The molecule has 0 radical (unpaired) electrons. The molecule has 1 aliphatic heterocycles. The summed E-state index contributed by atoms with van der Waals surface area (Å²) in [6, 6.07) is 19.2. The number of aromatic nitrogens is 3. The fourth-order valence-corrected chi connectivity index (χ4v) is 6.26. The molecule has 3 heterocycles. The quantitative estimate of drug-likeness (QED) is 0.0904. The molecule has 2 unspecified atom stereocenters. The number of hydrogen-bond acceptors (Lipinski definition) is 5. The summed E-state index contributed by atoms with van der Waals surface area (Å²) in [6.07, 6.45) is 10.5. The summed E-state index contributed by atoms with van der Waals surface area (Å²) in [5.74, 6) is 0.841. The molecule has 242 valence electrons. The van der Waals surface area contributed by atoms with Crippen molar-refractivity contribution in [2.45, 2.75) is 57.5 Å². The Morgan fingerprint density at radius 3 is 2.53 bits per heavy atom. The predicted octanol–water partition coefficient (Wildman–Crippen LogP) is 4.87. The molecule has 6 rings (SSSR count). The first-order chi connectivity index (χ1) is 22.5. The summed E-state index contributed by atoms with van der Waals surface area (Å²) in [4.78, 5) is 9.55. The van der Waals surface area contributed by atoms with Crippen molar-refractivity contribution in [2.24, 2.45) is 0 Å². The van der Waals surface area contributed by atoms with Crippen LogP contribution >= 0.6 is 11.6 Å². The van der Waals surface area contributed by atoms with E-state index >= 15 is 0 Å². The van der Waals surface area contributed by atoms with Gasteiger partial charge in [-0.05, 0) is 78.6 Å². The first kappa shape index (κ1) is 35.0. The Morgan fingerprint density at radius 2 is 1.74 bits per heavy atom. The molecule has 2 atom stereocenters. The number of halogens is 2. The van der Waals surface area contributed by atoms with Crippen LogP contribution in [-0.2, 0) is 13.0 Å². The number of imidazole rings is 1. The molecule has 47 heavy (non-hydrogen) atoms. The van der Waals surface area contributed by atoms with Gasteiger partial charge in [0.1, 0.15) is 17.3 Å². The molecule has 0 saturated carbocycles. The topological polar surface area (TPSA) is 89.6 Å². The number of rotatable bonds is 16. The molecule has 0 saturated heterocycles. The molecule has 0 aliphatic carbocycles. The van der Waals surface area contributed by atoms with Gasteiger partial charge in [-0.1, -0.05) is 49.4 Å². The van der Waals surface area contributed by atoms with Crippen molar-refractivity contribution < 1.29 is 37.8 Å². The van der Waals surface area contributed by atoms with Gasteiger partial charge in [0.15, 0.2) is 0 Å². The van der Waals surface area contributed by atoms with Crippen LogP contribution in [0, 0.1) is 5.82 Å². The third-order valence-corrected chi connectivity index (χ3v) is 8.67. The van der Waals surface area contributed by atoms with Gasteiger partial charge in [-0.25, -0.2) is 14.3 Å². The summed E-state index contributed by atoms with van der Waals surface area (Å²) < 4.78 is 27.5. The minimum absolute atomic E-state index is 0. The molecular weight excluding hydrogens is 612 g/mol. The van der Waals surface area contributed by atoms with Gasteiger partial charge in [-0.15, -0.1) is 13.1 Å². The standard InChI is InChI=1S/C36H40ClFN5O3.Li/c37-27-8-15-33-32(24-27)31-16-21-43(36(44)46-30-13-9-28(38)10-14-30)35(34(31)41-33)26-6-11-29(12-7-26)45-23-4-2-1-3-17-39-18-5-20-42-22-19-40-25-42;/h6-15,19,22,24-25,35-36,41,44H,1-5,16-18,20-21,23H2;/q-1;+1. The molecule has 0 bridgehead atoms. The van der Waals surface area contributed by atoms with E-state index < -0.39 is 6.41 Å². The maximum absolute atomic E-state index is 13.5. The molecule has 11 heteroatoms. The fraction of sp³-hybridized carbons (Fsp3) is 0.361. The first-order valence-corrected chi connectivity index (χ1v) is 16.4. The summed E-state index contributed by atoms with van der Waals surface area (Å²) in [5, 5.41) is 17.7. The molecule has 3 aromatic carbocycles. The Balaban J connectivity index is 0.00000433. The molecule has 5 aromatic rings. The van der Waals surface area contributed by atoms with Crippen LogP contribution in [0.3, 0.4) is 0 Å². The largest absolute Gasteiger partial charge is 1.00 e. The van der Waals surface area contributed by atoms with Crippen LogP contribution in [-0.4, -0.2) is 57.2 Å². The second-order valence-electron chi connectivity index (χ2n) is 11.7. The van der Waals surface area contributed by atoms with Crippen molar-refractivity contribution in [3.63, 3.8) is 0 Å². The van der Waals surface area contributed by atoms with Crippen molar-refractivity contribution in [1.29, 1.82) is 0 Å². The van der Waals surface area contributed by atoms with Crippen LogP contribution < -0.4 is 28.3 Å². The van der Waals surface area contributed by atoms with Crippen LogP contribution in [0.5, 0.6) is 11.5 Å². The second kappa shape index (κ2) is 17.2. The molecule has 0 spiro atoms. The average molecular weight is 652 g/mol. The average Bonchev–Trinajstić information content (AvgIpc) is 3.72. The van der Waals surface area contributed by atoms with Crippen LogP contribution in [0.2, 0.25) is 5.02 Å². The zero-order valence-electron chi connectivity index (χ0n) is 26.8. The van der Waals surface area contributed by atoms with E-state index in [0.717, 1.165) is 79.6 Å². The molecule has 0 amide bonds. The maximum Gasteiger partial charge on any atom is 1.00 e. The van der Waals surface area contributed by atoms with Gasteiger partial charge in [-0.2, -0.15) is 0 Å². The van der Waals surface area contributed by atoms with Crippen molar-refractivity contribution in [1.82, 2.24) is 19.4 Å². The van der Waals surface area contributed by atoms with Crippen molar-refractivity contribution in [3.05, 3.63) is 118 Å². The number of nitrogens with zero attached hydrogens (tertiary/aromatic N) is 4.